The molecule has 3 rings (SSSR count). The Morgan fingerprint density at radius 1 is 1.05 bits per heavy atom. The molecule has 0 saturated heterocycles. The summed E-state index contributed by atoms with van der Waals surface area (Å²) in [7, 11) is 0. The molecule has 0 heterocycles. The molecule has 0 aliphatic heterocycles. The Morgan fingerprint density at radius 2 is 1.50 bits per heavy atom. The van der Waals surface area contributed by atoms with Gasteiger partial charge in [-0.1, -0.05) is 67.6 Å². The zero-order valence-corrected chi connectivity index (χ0v) is 11.5. The molecule has 20 heavy (non-hydrogen) atoms. The quantitative estimate of drug-likeness (QED) is 0.773. The Labute approximate surface area is 119 Å². The van der Waals surface area contributed by atoms with Crippen molar-refractivity contribution in [1.29, 1.82) is 5.26 Å². The molecule has 98 valence electrons. The average Bonchev–Trinajstić information content (AvgIpc) is 3.17. The summed E-state index contributed by atoms with van der Waals surface area (Å²) in [5.41, 5.74) is 2.51. The summed E-state index contributed by atoms with van der Waals surface area (Å²) >= 11 is 0. The molecule has 0 radical (unpaired) electrons. The van der Waals surface area contributed by atoms with Crippen LogP contribution in [0.4, 0.5) is 0 Å². The van der Waals surface area contributed by atoms with E-state index in [1.165, 1.54) is 0 Å². The van der Waals surface area contributed by atoms with E-state index >= 15 is 0 Å². The van der Waals surface area contributed by atoms with Crippen molar-refractivity contribution in [3.8, 4) is 6.07 Å². The molecule has 0 N–H and O–H groups in total. The summed E-state index contributed by atoms with van der Waals surface area (Å²) < 4.78 is 0. The van der Waals surface area contributed by atoms with Gasteiger partial charge in [-0.15, -0.1) is 0 Å². The Balaban J connectivity index is 2.11. The third-order valence-electron chi connectivity index (χ3n) is 3.87. The lowest BCUT2D eigenvalue weighted by Gasteiger charge is -2.10. The summed E-state index contributed by atoms with van der Waals surface area (Å²) in [4.78, 5) is 4.82. The van der Waals surface area contributed by atoms with Crippen LogP contribution >= 0.6 is 0 Å². The van der Waals surface area contributed by atoms with Crippen molar-refractivity contribution >= 4 is 5.71 Å². The van der Waals surface area contributed by atoms with Crippen LogP contribution in [0.5, 0.6) is 0 Å². The molecule has 0 bridgehead atoms. The third-order valence-corrected chi connectivity index (χ3v) is 3.87. The van der Waals surface area contributed by atoms with Crippen LogP contribution in [-0.4, -0.2) is 11.3 Å². The van der Waals surface area contributed by atoms with Crippen molar-refractivity contribution in [3.63, 3.8) is 0 Å². The predicted octanol–water partition coefficient (Wildman–Crippen LogP) is 3.83. The van der Waals surface area contributed by atoms with Gasteiger partial charge in [-0.3, -0.25) is 4.99 Å². The van der Waals surface area contributed by atoms with Gasteiger partial charge in [-0.2, -0.15) is 5.26 Å². The summed E-state index contributed by atoms with van der Waals surface area (Å²) in [5, 5.41) is 9.41. The molecule has 0 spiro atoms. The molecule has 1 aliphatic carbocycles. The van der Waals surface area contributed by atoms with Gasteiger partial charge in [-0.25, -0.2) is 0 Å². The van der Waals surface area contributed by atoms with E-state index in [-0.39, 0.29) is 0 Å². The van der Waals surface area contributed by atoms with Crippen LogP contribution in [0.25, 0.3) is 0 Å². The van der Waals surface area contributed by atoms with Crippen molar-refractivity contribution in [1.82, 2.24) is 0 Å². The van der Waals surface area contributed by atoms with Crippen LogP contribution in [0.2, 0.25) is 0 Å². The van der Waals surface area contributed by atoms with Gasteiger partial charge in [0.1, 0.15) is 0 Å². The molecule has 2 unspecified atom stereocenters. The first-order valence-electron chi connectivity index (χ1n) is 6.87. The average molecular weight is 260 g/mol. The van der Waals surface area contributed by atoms with Crippen LogP contribution in [0, 0.1) is 17.2 Å². The van der Waals surface area contributed by atoms with Crippen LogP contribution < -0.4 is 0 Å². The lowest BCUT2D eigenvalue weighted by atomic mass is 10.0. The van der Waals surface area contributed by atoms with Gasteiger partial charge in [0.15, 0.2) is 5.54 Å². The molecular weight excluding hydrogens is 244 g/mol. The lowest BCUT2D eigenvalue weighted by Crippen LogP contribution is -2.12. The smallest absolute Gasteiger partial charge is 0.150 e. The summed E-state index contributed by atoms with van der Waals surface area (Å²) in [5.74, 6) is 0.343. The second-order valence-corrected chi connectivity index (χ2v) is 5.33. The van der Waals surface area contributed by atoms with Crippen LogP contribution in [-0.2, 0) is 0 Å². The monoisotopic (exact) mass is 260 g/mol. The fraction of sp³-hybridized carbons (Fsp3) is 0.222. The van der Waals surface area contributed by atoms with Crippen LogP contribution in [0.1, 0.15) is 24.5 Å². The standard InChI is InChI=1S/C18H16N2/c1-14-12-18(14,13-19)20-17(15-8-4-2-5-9-15)16-10-6-3-7-11-16/h2-11,14H,12H2,1H3. The molecule has 0 aromatic heterocycles. The van der Waals surface area contributed by atoms with E-state index < -0.39 is 5.54 Å². The molecule has 2 atom stereocenters. The summed E-state index contributed by atoms with van der Waals surface area (Å²) in [6.07, 6.45) is 0.854. The maximum absolute atomic E-state index is 9.41. The number of benzene rings is 2. The minimum atomic E-state index is -0.527. The maximum Gasteiger partial charge on any atom is 0.150 e. The highest BCUT2D eigenvalue weighted by atomic mass is 15.0. The first-order valence-corrected chi connectivity index (χ1v) is 6.87. The number of aliphatic imine (C=N–C) groups is 1. The molecule has 0 amide bonds. The van der Waals surface area contributed by atoms with E-state index in [0.29, 0.717) is 5.92 Å². The zero-order valence-electron chi connectivity index (χ0n) is 11.5. The Hall–Kier alpha value is -2.40. The SMILES string of the molecule is CC1CC1(C#N)N=C(c1ccccc1)c1ccccc1. The normalized spacial score (nSPS) is 23.7. The molecule has 2 nitrogen and oxygen atoms in total. The Bertz CT molecular complexity index is 626. The Kier molecular flexibility index (Phi) is 3.12. The van der Waals surface area contributed by atoms with Crippen molar-refractivity contribution in [3.05, 3.63) is 71.8 Å². The third kappa shape index (κ3) is 2.23. The highest BCUT2D eigenvalue weighted by molar-refractivity contribution is 6.13. The zero-order chi connectivity index (χ0) is 14.0. The second-order valence-electron chi connectivity index (χ2n) is 5.33. The number of hydrogen-bond acceptors (Lipinski definition) is 2. The maximum atomic E-state index is 9.41. The van der Waals surface area contributed by atoms with Crippen LogP contribution in [0.15, 0.2) is 65.7 Å². The van der Waals surface area contributed by atoms with Gasteiger partial charge >= 0.3 is 0 Å². The second kappa shape index (κ2) is 4.94. The number of nitriles is 1. The van der Waals surface area contributed by atoms with Crippen molar-refractivity contribution in [2.24, 2.45) is 10.9 Å². The van der Waals surface area contributed by atoms with Gasteiger partial charge in [0.2, 0.25) is 0 Å². The molecule has 2 aromatic carbocycles. The topological polar surface area (TPSA) is 36.1 Å². The van der Waals surface area contributed by atoms with Crippen LogP contribution in [0.3, 0.4) is 0 Å². The van der Waals surface area contributed by atoms with E-state index in [0.717, 1.165) is 23.3 Å². The lowest BCUT2D eigenvalue weighted by molar-refractivity contribution is 0.774. The molecule has 1 fully saturated rings. The minimum absolute atomic E-state index is 0.343. The molecule has 2 heteroatoms. The molecular formula is C18H16N2. The predicted molar refractivity (Wildman–Crippen MR) is 80.6 cm³/mol. The number of hydrogen-bond donors (Lipinski definition) is 0. The molecule has 1 saturated carbocycles. The van der Waals surface area contributed by atoms with Crippen molar-refractivity contribution < 1.29 is 0 Å². The van der Waals surface area contributed by atoms with E-state index in [1.54, 1.807) is 0 Å². The molecule has 1 aliphatic rings. The molecule has 2 aromatic rings. The highest BCUT2D eigenvalue weighted by Gasteiger charge is 2.52. The summed E-state index contributed by atoms with van der Waals surface area (Å²) in [6.45, 7) is 2.08. The van der Waals surface area contributed by atoms with E-state index in [2.05, 4.69) is 13.0 Å². The van der Waals surface area contributed by atoms with E-state index in [9.17, 15) is 5.26 Å². The number of nitrogens with zero attached hydrogens (tertiary/aromatic N) is 2. The van der Waals surface area contributed by atoms with E-state index in [4.69, 9.17) is 4.99 Å². The van der Waals surface area contributed by atoms with Gasteiger partial charge in [-0.05, 0) is 12.3 Å². The van der Waals surface area contributed by atoms with Crippen molar-refractivity contribution in [2.75, 3.05) is 0 Å². The highest BCUT2D eigenvalue weighted by Crippen LogP contribution is 2.46. The van der Waals surface area contributed by atoms with Gasteiger partial charge < -0.3 is 0 Å². The van der Waals surface area contributed by atoms with Gasteiger partial charge in [0.05, 0.1) is 11.8 Å². The van der Waals surface area contributed by atoms with Gasteiger partial charge in [0.25, 0.3) is 0 Å². The van der Waals surface area contributed by atoms with Gasteiger partial charge in [0, 0.05) is 11.1 Å². The fourth-order valence-electron chi connectivity index (χ4n) is 2.43. The minimum Gasteiger partial charge on any atom is -0.262 e. The fourth-order valence-corrected chi connectivity index (χ4v) is 2.43. The van der Waals surface area contributed by atoms with Crippen molar-refractivity contribution in [2.45, 2.75) is 18.9 Å². The first-order chi connectivity index (χ1) is 9.75. The van der Waals surface area contributed by atoms with E-state index in [1.807, 2.05) is 60.7 Å². The first kappa shape index (κ1) is 12.6. The summed E-state index contributed by atoms with van der Waals surface area (Å²) in [6, 6.07) is 22.6. The number of rotatable bonds is 3. The Morgan fingerprint density at radius 3 is 1.85 bits per heavy atom. The largest absolute Gasteiger partial charge is 0.262 e.